The number of nitro benzene ring substituents is 1. The van der Waals surface area contributed by atoms with Crippen LogP contribution in [-0.4, -0.2) is 35.5 Å². The fraction of sp³-hybridized carbons (Fsp3) is 0.538. The van der Waals surface area contributed by atoms with Gasteiger partial charge in [0, 0.05) is 30.8 Å². The molecule has 18 heavy (non-hydrogen) atoms. The summed E-state index contributed by atoms with van der Waals surface area (Å²) in [5.41, 5.74) is 6.84. The van der Waals surface area contributed by atoms with Crippen LogP contribution in [0.5, 0.6) is 0 Å². The average Bonchev–Trinajstić information content (AvgIpc) is 2.24. The first-order chi connectivity index (χ1) is 8.28. The molecule has 0 heterocycles. The molecule has 0 aromatic heterocycles. The lowest BCUT2D eigenvalue weighted by Crippen LogP contribution is -2.44. The summed E-state index contributed by atoms with van der Waals surface area (Å²) in [5.74, 6) is 0. The highest BCUT2D eigenvalue weighted by Gasteiger charge is 2.14. The molecule has 0 unspecified atom stereocenters. The molecule has 2 N–H and O–H groups in total. The Morgan fingerprint density at radius 2 is 2.11 bits per heavy atom. The van der Waals surface area contributed by atoms with Crippen molar-refractivity contribution in [1.29, 1.82) is 0 Å². The third-order valence-corrected chi connectivity index (χ3v) is 2.58. The minimum absolute atomic E-state index is 0.148. The second-order valence-corrected chi connectivity index (χ2v) is 5.40. The standard InChI is InChI=1S/C13H21N3O2/c1-13(2,14)10-15(3)8-7-11-5-4-6-12(9-11)16(17)18/h4-6,9H,7-8,10,14H2,1-3H3. The molecule has 5 heteroatoms. The van der Waals surface area contributed by atoms with Gasteiger partial charge in [-0.25, -0.2) is 0 Å². The minimum atomic E-state index is -0.365. The number of benzene rings is 1. The van der Waals surface area contributed by atoms with Gasteiger partial charge in [-0.2, -0.15) is 0 Å². The number of likely N-dealkylation sites (N-methyl/N-ethyl adjacent to an activating group) is 1. The van der Waals surface area contributed by atoms with Crippen LogP contribution in [0.4, 0.5) is 5.69 Å². The SMILES string of the molecule is CN(CCc1cccc([N+](=O)[O-])c1)CC(C)(C)N. The van der Waals surface area contributed by atoms with Crippen molar-refractivity contribution in [2.45, 2.75) is 25.8 Å². The highest BCUT2D eigenvalue weighted by Crippen LogP contribution is 2.13. The van der Waals surface area contributed by atoms with Crippen LogP contribution >= 0.6 is 0 Å². The summed E-state index contributed by atoms with van der Waals surface area (Å²) in [6, 6.07) is 6.77. The molecule has 100 valence electrons. The number of rotatable bonds is 6. The highest BCUT2D eigenvalue weighted by atomic mass is 16.6. The van der Waals surface area contributed by atoms with E-state index in [1.165, 1.54) is 6.07 Å². The zero-order valence-electron chi connectivity index (χ0n) is 11.2. The van der Waals surface area contributed by atoms with Gasteiger partial charge in [0.1, 0.15) is 0 Å². The fourth-order valence-electron chi connectivity index (χ4n) is 1.92. The van der Waals surface area contributed by atoms with Crippen molar-refractivity contribution in [1.82, 2.24) is 4.90 Å². The van der Waals surface area contributed by atoms with E-state index >= 15 is 0 Å². The smallest absolute Gasteiger partial charge is 0.269 e. The second-order valence-electron chi connectivity index (χ2n) is 5.40. The van der Waals surface area contributed by atoms with Crippen LogP contribution in [-0.2, 0) is 6.42 Å². The zero-order valence-corrected chi connectivity index (χ0v) is 11.2. The third kappa shape index (κ3) is 5.25. The summed E-state index contributed by atoms with van der Waals surface area (Å²) in [4.78, 5) is 12.4. The summed E-state index contributed by atoms with van der Waals surface area (Å²) in [5, 5.41) is 10.7. The Hall–Kier alpha value is -1.46. The Bertz CT molecular complexity index is 413. The molecule has 0 aliphatic heterocycles. The molecular weight excluding hydrogens is 230 g/mol. The second kappa shape index (κ2) is 5.93. The van der Waals surface area contributed by atoms with Crippen molar-refractivity contribution in [3.63, 3.8) is 0 Å². The molecule has 0 saturated heterocycles. The molecule has 5 nitrogen and oxygen atoms in total. The summed E-state index contributed by atoms with van der Waals surface area (Å²) in [7, 11) is 2.01. The minimum Gasteiger partial charge on any atom is -0.324 e. The van der Waals surface area contributed by atoms with Gasteiger partial charge in [0.25, 0.3) is 5.69 Å². The first kappa shape index (κ1) is 14.6. The van der Waals surface area contributed by atoms with Crippen molar-refractivity contribution < 1.29 is 4.92 Å². The van der Waals surface area contributed by atoms with Crippen LogP contribution in [0.1, 0.15) is 19.4 Å². The lowest BCUT2D eigenvalue weighted by molar-refractivity contribution is -0.384. The molecule has 1 rings (SSSR count). The van der Waals surface area contributed by atoms with E-state index in [1.807, 2.05) is 27.0 Å². The van der Waals surface area contributed by atoms with Crippen LogP contribution in [0.3, 0.4) is 0 Å². The van der Waals surface area contributed by atoms with E-state index in [0.29, 0.717) is 0 Å². The molecule has 0 bridgehead atoms. The van der Waals surface area contributed by atoms with Crippen LogP contribution in [0.25, 0.3) is 0 Å². The van der Waals surface area contributed by atoms with Gasteiger partial charge in [-0.3, -0.25) is 10.1 Å². The largest absolute Gasteiger partial charge is 0.324 e. The predicted octanol–water partition coefficient (Wildman–Crippen LogP) is 1.81. The summed E-state index contributed by atoms with van der Waals surface area (Å²) < 4.78 is 0. The van der Waals surface area contributed by atoms with Gasteiger partial charge < -0.3 is 10.6 Å². The van der Waals surface area contributed by atoms with Gasteiger partial charge in [0.15, 0.2) is 0 Å². The summed E-state index contributed by atoms with van der Waals surface area (Å²) in [6.07, 6.45) is 0.786. The van der Waals surface area contributed by atoms with Crippen molar-refractivity contribution in [2.75, 3.05) is 20.1 Å². The maximum atomic E-state index is 10.7. The molecule has 0 aliphatic carbocycles. The fourth-order valence-corrected chi connectivity index (χ4v) is 1.92. The van der Waals surface area contributed by atoms with Crippen molar-refractivity contribution >= 4 is 5.69 Å². The molecule has 0 saturated carbocycles. The van der Waals surface area contributed by atoms with E-state index in [4.69, 9.17) is 5.73 Å². The molecule has 0 fully saturated rings. The van der Waals surface area contributed by atoms with Crippen LogP contribution in [0.15, 0.2) is 24.3 Å². The number of nitro groups is 1. The Kier molecular flexibility index (Phi) is 4.81. The quantitative estimate of drug-likeness (QED) is 0.618. The van der Waals surface area contributed by atoms with Gasteiger partial charge in [0.2, 0.25) is 0 Å². The normalized spacial score (nSPS) is 11.8. The van der Waals surface area contributed by atoms with Crippen LogP contribution in [0.2, 0.25) is 0 Å². The van der Waals surface area contributed by atoms with E-state index in [2.05, 4.69) is 4.90 Å². The van der Waals surface area contributed by atoms with E-state index in [9.17, 15) is 10.1 Å². The molecule has 0 atom stereocenters. The Labute approximate surface area is 108 Å². The molecule has 0 amide bonds. The lowest BCUT2D eigenvalue weighted by atomic mass is 10.1. The van der Waals surface area contributed by atoms with Crippen molar-refractivity contribution in [2.24, 2.45) is 5.73 Å². The van der Waals surface area contributed by atoms with E-state index in [1.54, 1.807) is 12.1 Å². The van der Waals surface area contributed by atoms with E-state index in [0.717, 1.165) is 25.1 Å². The molecule has 0 aliphatic rings. The molecule has 0 radical (unpaired) electrons. The van der Waals surface area contributed by atoms with Crippen molar-refractivity contribution in [3.05, 3.63) is 39.9 Å². The van der Waals surface area contributed by atoms with Crippen molar-refractivity contribution in [3.8, 4) is 0 Å². The lowest BCUT2D eigenvalue weighted by Gasteiger charge is -2.26. The molecular formula is C13H21N3O2. The number of hydrogen-bond acceptors (Lipinski definition) is 4. The zero-order chi connectivity index (χ0) is 13.8. The summed E-state index contributed by atoms with van der Waals surface area (Å²) >= 11 is 0. The molecule has 0 spiro atoms. The van der Waals surface area contributed by atoms with E-state index < -0.39 is 0 Å². The number of nitrogens with two attached hydrogens (primary N) is 1. The Morgan fingerprint density at radius 3 is 2.67 bits per heavy atom. The maximum Gasteiger partial charge on any atom is 0.269 e. The van der Waals surface area contributed by atoms with Gasteiger partial charge in [-0.1, -0.05) is 12.1 Å². The Morgan fingerprint density at radius 1 is 1.44 bits per heavy atom. The van der Waals surface area contributed by atoms with Gasteiger partial charge in [0.05, 0.1) is 4.92 Å². The highest BCUT2D eigenvalue weighted by molar-refractivity contribution is 5.34. The van der Waals surface area contributed by atoms with Gasteiger partial charge >= 0.3 is 0 Å². The third-order valence-electron chi connectivity index (χ3n) is 2.58. The monoisotopic (exact) mass is 251 g/mol. The summed E-state index contributed by atoms with van der Waals surface area (Å²) in [6.45, 7) is 5.59. The average molecular weight is 251 g/mol. The maximum absolute atomic E-state index is 10.7. The number of hydrogen-bond donors (Lipinski definition) is 1. The first-order valence-corrected chi connectivity index (χ1v) is 5.99. The van der Waals surface area contributed by atoms with E-state index in [-0.39, 0.29) is 16.1 Å². The predicted molar refractivity (Wildman–Crippen MR) is 72.6 cm³/mol. The van der Waals surface area contributed by atoms with Crippen LogP contribution < -0.4 is 5.73 Å². The van der Waals surface area contributed by atoms with Gasteiger partial charge in [-0.15, -0.1) is 0 Å². The first-order valence-electron chi connectivity index (χ1n) is 5.99. The molecule has 1 aromatic carbocycles. The topological polar surface area (TPSA) is 72.4 Å². The number of nitrogens with zero attached hydrogens (tertiary/aromatic N) is 2. The number of non-ortho nitro benzene ring substituents is 1. The molecule has 1 aromatic rings. The van der Waals surface area contributed by atoms with Crippen LogP contribution in [0, 0.1) is 10.1 Å². The van der Waals surface area contributed by atoms with Gasteiger partial charge in [-0.05, 0) is 32.9 Å². The Balaban J connectivity index is 2.53.